The summed E-state index contributed by atoms with van der Waals surface area (Å²) >= 11 is 11.2. The first-order chi connectivity index (χ1) is 12.0. The maximum atomic E-state index is 10.4. The van der Waals surface area contributed by atoms with Crippen molar-refractivity contribution in [3.8, 4) is 11.5 Å². The number of nitrogens with one attached hydrogen (secondary N) is 2. The van der Waals surface area contributed by atoms with Crippen LogP contribution in [0.15, 0.2) is 36.4 Å². The first-order valence-corrected chi connectivity index (χ1v) is 8.70. The molecule has 2 aromatic carbocycles. The van der Waals surface area contributed by atoms with Crippen molar-refractivity contribution in [2.24, 2.45) is 0 Å². The zero-order valence-electron chi connectivity index (χ0n) is 13.7. The lowest BCUT2D eigenvalue weighted by atomic mass is 10.1. The van der Waals surface area contributed by atoms with Gasteiger partial charge in [0.1, 0.15) is 13.2 Å². The number of fused-ring (bicyclic) bond motifs is 1. The molecule has 7 heteroatoms. The largest absolute Gasteiger partial charge is 0.486 e. The molecule has 1 heterocycles. The van der Waals surface area contributed by atoms with Gasteiger partial charge in [0.2, 0.25) is 0 Å². The number of hydrogen-bond donors (Lipinski definition) is 3. The fourth-order valence-electron chi connectivity index (χ4n) is 2.51. The second-order valence-electron chi connectivity index (χ2n) is 5.71. The third-order valence-electron chi connectivity index (χ3n) is 3.84. The molecule has 3 rings (SSSR count). The summed E-state index contributed by atoms with van der Waals surface area (Å²) < 4.78 is 11.0. The number of benzene rings is 2. The van der Waals surface area contributed by atoms with E-state index in [0.29, 0.717) is 34.8 Å². The minimum absolute atomic E-state index is 0.276. The fourth-order valence-corrected chi connectivity index (χ4v) is 2.93. The van der Waals surface area contributed by atoms with Crippen molar-refractivity contribution in [2.45, 2.75) is 13.0 Å². The van der Waals surface area contributed by atoms with Crippen molar-refractivity contribution >= 4 is 34.6 Å². The summed E-state index contributed by atoms with van der Waals surface area (Å²) in [4.78, 5) is 0. The summed E-state index contributed by atoms with van der Waals surface area (Å²) in [6.07, 6.45) is -0.720. The molecule has 1 unspecified atom stereocenters. The molecule has 0 saturated heterocycles. The Morgan fingerprint density at radius 1 is 1.20 bits per heavy atom. The Hall–Kier alpha value is -2.02. The molecule has 0 aliphatic carbocycles. The SMILES string of the molecule is Cc1cc(Cl)ccc1NC(=S)NCC(O)c1ccc2c(c1)OCCO2. The van der Waals surface area contributed by atoms with Crippen molar-refractivity contribution in [3.63, 3.8) is 0 Å². The Kier molecular flexibility index (Phi) is 5.63. The average molecular weight is 379 g/mol. The van der Waals surface area contributed by atoms with Crippen LogP contribution in [-0.2, 0) is 0 Å². The van der Waals surface area contributed by atoms with Gasteiger partial charge in [-0.15, -0.1) is 0 Å². The first kappa shape index (κ1) is 17.8. The van der Waals surface area contributed by atoms with Gasteiger partial charge in [0.05, 0.1) is 6.10 Å². The molecule has 1 atom stereocenters. The Bertz CT molecular complexity index is 785. The van der Waals surface area contributed by atoms with Crippen LogP contribution in [0.3, 0.4) is 0 Å². The van der Waals surface area contributed by atoms with Gasteiger partial charge in [-0.1, -0.05) is 17.7 Å². The van der Waals surface area contributed by atoms with Crippen molar-refractivity contribution in [1.82, 2.24) is 5.32 Å². The van der Waals surface area contributed by atoms with E-state index in [2.05, 4.69) is 10.6 Å². The molecule has 0 fully saturated rings. The molecule has 5 nitrogen and oxygen atoms in total. The minimum Gasteiger partial charge on any atom is -0.486 e. The van der Waals surface area contributed by atoms with Gasteiger partial charge in [-0.2, -0.15) is 0 Å². The number of thiocarbonyl (C=S) groups is 1. The lowest BCUT2D eigenvalue weighted by molar-refractivity contribution is 0.165. The lowest BCUT2D eigenvalue weighted by Crippen LogP contribution is -2.32. The number of halogens is 1. The zero-order chi connectivity index (χ0) is 17.8. The van der Waals surface area contributed by atoms with E-state index >= 15 is 0 Å². The second kappa shape index (κ2) is 7.91. The normalized spacial score (nSPS) is 13.9. The summed E-state index contributed by atoms with van der Waals surface area (Å²) in [5.74, 6) is 1.35. The third kappa shape index (κ3) is 4.54. The standard InChI is InChI=1S/C18H19ClN2O3S/c1-11-8-13(19)3-4-14(11)21-18(25)20-10-15(22)12-2-5-16-17(9-12)24-7-6-23-16/h2-5,8-9,15,22H,6-7,10H2,1H3,(H2,20,21,25). The van der Waals surface area contributed by atoms with Crippen LogP contribution in [0.5, 0.6) is 11.5 Å². The predicted octanol–water partition coefficient (Wildman–Crippen LogP) is 3.44. The van der Waals surface area contributed by atoms with Crippen LogP contribution in [0, 0.1) is 6.92 Å². The maximum absolute atomic E-state index is 10.4. The minimum atomic E-state index is -0.720. The van der Waals surface area contributed by atoms with Crippen LogP contribution in [0.4, 0.5) is 5.69 Å². The quantitative estimate of drug-likeness (QED) is 0.708. The van der Waals surface area contributed by atoms with Crippen LogP contribution in [0.25, 0.3) is 0 Å². The first-order valence-electron chi connectivity index (χ1n) is 7.91. The Morgan fingerprint density at radius 2 is 1.96 bits per heavy atom. The molecule has 0 saturated carbocycles. The van der Waals surface area contributed by atoms with Crippen LogP contribution in [-0.4, -0.2) is 30.0 Å². The van der Waals surface area contributed by atoms with Crippen LogP contribution in [0.2, 0.25) is 5.02 Å². The molecule has 0 spiro atoms. The van der Waals surface area contributed by atoms with Gasteiger partial charge >= 0.3 is 0 Å². The monoisotopic (exact) mass is 378 g/mol. The van der Waals surface area contributed by atoms with E-state index in [-0.39, 0.29) is 6.54 Å². The molecule has 1 aliphatic heterocycles. The van der Waals surface area contributed by atoms with Gasteiger partial charge in [0.15, 0.2) is 16.6 Å². The van der Waals surface area contributed by atoms with Gasteiger partial charge in [0.25, 0.3) is 0 Å². The van der Waals surface area contributed by atoms with Crippen LogP contribution in [0.1, 0.15) is 17.2 Å². The highest BCUT2D eigenvalue weighted by Gasteiger charge is 2.15. The molecule has 0 amide bonds. The van der Waals surface area contributed by atoms with E-state index in [1.54, 1.807) is 18.2 Å². The summed E-state index contributed by atoms with van der Waals surface area (Å²) in [5.41, 5.74) is 2.60. The molecular weight excluding hydrogens is 360 g/mol. The number of rotatable bonds is 4. The highest BCUT2D eigenvalue weighted by atomic mass is 35.5. The van der Waals surface area contributed by atoms with E-state index in [0.717, 1.165) is 16.8 Å². The summed E-state index contributed by atoms with van der Waals surface area (Å²) in [7, 11) is 0. The molecular formula is C18H19ClN2O3S. The van der Waals surface area contributed by atoms with Crippen LogP contribution < -0.4 is 20.1 Å². The topological polar surface area (TPSA) is 62.8 Å². The molecule has 0 bridgehead atoms. The Morgan fingerprint density at radius 3 is 2.72 bits per heavy atom. The number of aliphatic hydroxyl groups excluding tert-OH is 1. The molecule has 132 valence electrons. The summed E-state index contributed by atoms with van der Waals surface area (Å²) in [6, 6.07) is 10.9. The van der Waals surface area contributed by atoms with Crippen molar-refractivity contribution < 1.29 is 14.6 Å². The summed E-state index contributed by atoms with van der Waals surface area (Å²) in [5, 5.41) is 17.6. The van der Waals surface area contributed by atoms with Gasteiger partial charge < -0.3 is 25.2 Å². The van der Waals surface area contributed by atoms with E-state index in [1.807, 2.05) is 25.1 Å². The van der Waals surface area contributed by atoms with E-state index < -0.39 is 6.10 Å². The molecule has 25 heavy (non-hydrogen) atoms. The molecule has 0 aromatic heterocycles. The van der Waals surface area contributed by atoms with Gasteiger partial charge in [-0.3, -0.25) is 0 Å². The van der Waals surface area contributed by atoms with Gasteiger partial charge in [-0.25, -0.2) is 0 Å². The maximum Gasteiger partial charge on any atom is 0.170 e. The average Bonchev–Trinajstić information content (AvgIpc) is 2.61. The van der Waals surface area contributed by atoms with Crippen molar-refractivity contribution in [2.75, 3.05) is 25.1 Å². The number of hydrogen-bond acceptors (Lipinski definition) is 4. The Labute approximate surface area is 156 Å². The molecule has 0 radical (unpaired) electrons. The van der Waals surface area contributed by atoms with Crippen molar-refractivity contribution in [1.29, 1.82) is 0 Å². The van der Waals surface area contributed by atoms with Gasteiger partial charge in [-0.05, 0) is 60.6 Å². The third-order valence-corrected chi connectivity index (χ3v) is 4.33. The fraction of sp³-hybridized carbons (Fsp3) is 0.278. The smallest absolute Gasteiger partial charge is 0.170 e. The van der Waals surface area contributed by atoms with Crippen molar-refractivity contribution in [3.05, 3.63) is 52.5 Å². The molecule has 3 N–H and O–H groups in total. The second-order valence-corrected chi connectivity index (χ2v) is 6.56. The van der Waals surface area contributed by atoms with E-state index in [1.165, 1.54) is 0 Å². The number of anilines is 1. The number of ether oxygens (including phenoxy) is 2. The predicted molar refractivity (Wildman–Crippen MR) is 103 cm³/mol. The Balaban J connectivity index is 1.56. The van der Waals surface area contributed by atoms with Crippen LogP contribution >= 0.6 is 23.8 Å². The molecule has 2 aromatic rings. The number of aliphatic hydroxyl groups is 1. The summed E-state index contributed by atoms with van der Waals surface area (Å²) in [6.45, 7) is 3.28. The highest BCUT2D eigenvalue weighted by Crippen LogP contribution is 2.32. The van der Waals surface area contributed by atoms with E-state index in [4.69, 9.17) is 33.3 Å². The lowest BCUT2D eigenvalue weighted by Gasteiger charge is -2.21. The van der Waals surface area contributed by atoms with E-state index in [9.17, 15) is 5.11 Å². The number of aryl methyl sites for hydroxylation is 1. The van der Waals surface area contributed by atoms with Gasteiger partial charge in [0, 0.05) is 17.3 Å². The highest BCUT2D eigenvalue weighted by molar-refractivity contribution is 7.80. The molecule has 1 aliphatic rings. The zero-order valence-corrected chi connectivity index (χ0v) is 15.3.